The highest BCUT2D eigenvalue weighted by atomic mass is 79.9. The van der Waals surface area contributed by atoms with Crippen molar-refractivity contribution in [1.82, 2.24) is 0 Å². The Morgan fingerprint density at radius 1 is 1.36 bits per heavy atom. The van der Waals surface area contributed by atoms with E-state index < -0.39 is 11.7 Å². The molecule has 5 heteroatoms. The molecule has 0 spiro atoms. The molecule has 0 atom stereocenters. The summed E-state index contributed by atoms with van der Waals surface area (Å²) in [5, 5.41) is 0. The third kappa shape index (κ3) is 2.65. The van der Waals surface area contributed by atoms with E-state index in [2.05, 4.69) is 31.9 Å². The van der Waals surface area contributed by atoms with Crippen molar-refractivity contribution in [2.24, 2.45) is 5.73 Å². The number of rotatable bonds is 2. The molecule has 1 rings (SSSR count). The lowest BCUT2D eigenvalue weighted by atomic mass is 10.2. The van der Waals surface area contributed by atoms with Gasteiger partial charge in [0.05, 0.1) is 4.47 Å². The van der Waals surface area contributed by atoms with E-state index in [4.69, 9.17) is 5.73 Å². The summed E-state index contributed by atoms with van der Waals surface area (Å²) in [6.07, 6.45) is 2.43. The van der Waals surface area contributed by atoms with Gasteiger partial charge < -0.3 is 5.73 Å². The zero-order chi connectivity index (χ0) is 10.7. The molecule has 0 saturated carbocycles. The first-order valence-electron chi connectivity index (χ1n) is 3.63. The number of carbonyl (C=O) groups excluding carboxylic acids is 1. The lowest BCUT2D eigenvalue weighted by Crippen LogP contribution is -2.05. The molecule has 0 radical (unpaired) electrons. The monoisotopic (exact) mass is 321 g/mol. The second-order valence-electron chi connectivity index (χ2n) is 2.49. The fraction of sp³-hybridized carbons (Fsp3) is 0. The van der Waals surface area contributed by atoms with E-state index in [0.29, 0.717) is 8.95 Å². The quantitative estimate of drug-likeness (QED) is 0.660. The van der Waals surface area contributed by atoms with Crippen LogP contribution in [0.3, 0.4) is 0 Å². The Kier molecular flexibility index (Phi) is 3.83. The average molecular weight is 323 g/mol. The van der Waals surface area contributed by atoms with E-state index in [1.54, 1.807) is 12.1 Å². The van der Waals surface area contributed by atoms with Gasteiger partial charge in [0.1, 0.15) is 5.82 Å². The standard InChI is InChI=1S/C9H6Br2FNO/c10-6-2-3-7(11)9(12)5(6)1-4-8(13)14/h1-4H,(H2,13,14)/b4-1+. The van der Waals surface area contributed by atoms with Gasteiger partial charge in [-0.3, -0.25) is 4.79 Å². The zero-order valence-electron chi connectivity index (χ0n) is 6.93. The van der Waals surface area contributed by atoms with Gasteiger partial charge in [0.2, 0.25) is 5.91 Å². The molecule has 1 aromatic rings. The Morgan fingerprint density at radius 2 is 1.93 bits per heavy atom. The molecule has 2 N–H and O–H groups in total. The summed E-state index contributed by atoms with van der Waals surface area (Å²) in [5.74, 6) is -1.05. The lowest BCUT2D eigenvalue weighted by molar-refractivity contribution is -0.113. The summed E-state index contributed by atoms with van der Waals surface area (Å²) in [6, 6.07) is 3.24. The van der Waals surface area contributed by atoms with Gasteiger partial charge in [0.15, 0.2) is 0 Å². The van der Waals surface area contributed by atoms with Crippen LogP contribution in [-0.4, -0.2) is 5.91 Å². The molecule has 0 unspecified atom stereocenters. The first-order chi connectivity index (χ1) is 6.52. The molecule has 0 heterocycles. The summed E-state index contributed by atoms with van der Waals surface area (Å²) in [6.45, 7) is 0. The van der Waals surface area contributed by atoms with Crippen LogP contribution in [0.5, 0.6) is 0 Å². The van der Waals surface area contributed by atoms with Gasteiger partial charge >= 0.3 is 0 Å². The fourth-order valence-electron chi connectivity index (χ4n) is 0.861. The minimum Gasteiger partial charge on any atom is -0.366 e. The van der Waals surface area contributed by atoms with E-state index in [9.17, 15) is 9.18 Å². The molecule has 0 saturated heterocycles. The molecule has 0 fully saturated rings. The number of hydrogen-bond acceptors (Lipinski definition) is 1. The van der Waals surface area contributed by atoms with Crippen LogP contribution in [0.15, 0.2) is 27.2 Å². The van der Waals surface area contributed by atoms with E-state index in [1.807, 2.05) is 0 Å². The summed E-state index contributed by atoms with van der Waals surface area (Å²) in [4.78, 5) is 10.5. The summed E-state index contributed by atoms with van der Waals surface area (Å²) < 4.78 is 14.3. The summed E-state index contributed by atoms with van der Waals surface area (Å²) >= 11 is 6.21. The van der Waals surface area contributed by atoms with Crippen molar-refractivity contribution >= 4 is 43.8 Å². The maximum atomic E-state index is 13.4. The number of hydrogen-bond donors (Lipinski definition) is 1. The number of halogens is 3. The molecule has 0 aliphatic carbocycles. The minimum absolute atomic E-state index is 0.290. The van der Waals surface area contributed by atoms with Crippen LogP contribution in [0.4, 0.5) is 4.39 Å². The van der Waals surface area contributed by atoms with Crippen molar-refractivity contribution in [1.29, 1.82) is 0 Å². The molecular formula is C9H6Br2FNO. The minimum atomic E-state index is -0.615. The van der Waals surface area contributed by atoms with Crippen LogP contribution in [0, 0.1) is 5.82 Å². The van der Waals surface area contributed by atoms with Crippen molar-refractivity contribution in [3.05, 3.63) is 38.5 Å². The van der Waals surface area contributed by atoms with E-state index >= 15 is 0 Å². The Balaban J connectivity index is 3.19. The first kappa shape index (κ1) is 11.4. The maximum absolute atomic E-state index is 13.4. The number of amides is 1. The van der Waals surface area contributed by atoms with Crippen molar-refractivity contribution in [2.75, 3.05) is 0 Å². The Hall–Kier alpha value is -0.680. The zero-order valence-corrected chi connectivity index (χ0v) is 10.1. The molecular weight excluding hydrogens is 317 g/mol. The SMILES string of the molecule is NC(=O)/C=C/c1c(Br)ccc(Br)c1F. The summed E-state index contributed by atoms with van der Waals surface area (Å²) in [7, 11) is 0. The molecule has 14 heavy (non-hydrogen) atoms. The van der Waals surface area contributed by atoms with Crippen LogP contribution in [0.2, 0.25) is 0 Å². The molecule has 0 bridgehead atoms. The van der Waals surface area contributed by atoms with Gasteiger partial charge in [-0.25, -0.2) is 4.39 Å². The van der Waals surface area contributed by atoms with Gasteiger partial charge in [-0.1, -0.05) is 15.9 Å². The van der Waals surface area contributed by atoms with Crippen LogP contribution >= 0.6 is 31.9 Å². The van der Waals surface area contributed by atoms with Crippen molar-refractivity contribution in [3.63, 3.8) is 0 Å². The van der Waals surface area contributed by atoms with Crippen molar-refractivity contribution in [2.45, 2.75) is 0 Å². The Labute approximate surface area is 97.2 Å². The molecule has 1 amide bonds. The number of primary amides is 1. The van der Waals surface area contributed by atoms with E-state index in [1.165, 1.54) is 6.08 Å². The third-order valence-electron chi connectivity index (χ3n) is 1.49. The molecule has 1 aromatic carbocycles. The lowest BCUT2D eigenvalue weighted by Gasteiger charge is -2.01. The van der Waals surface area contributed by atoms with Gasteiger partial charge in [-0.2, -0.15) is 0 Å². The first-order valence-corrected chi connectivity index (χ1v) is 5.22. The van der Waals surface area contributed by atoms with Gasteiger partial charge in [0, 0.05) is 16.1 Å². The normalized spacial score (nSPS) is 10.8. The molecule has 0 aromatic heterocycles. The fourth-order valence-corrected chi connectivity index (χ4v) is 1.65. The second kappa shape index (κ2) is 4.70. The van der Waals surface area contributed by atoms with Crippen molar-refractivity contribution in [3.8, 4) is 0 Å². The number of carbonyl (C=O) groups is 1. The van der Waals surface area contributed by atoms with Gasteiger partial charge in [-0.05, 0) is 34.1 Å². The Morgan fingerprint density at radius 3 is 2.50 bits per heavy atom. The third-order valence-corrected chi connectivity index (χ3v) is 2.80. The predicted molar refractivity (Wildman–Crippen MR) is 60.0 cm³/mol. The number of benzene rings is 1. The highest BCUT2D eigenvalue weighted by Gasteiger charge is 2.07. The topological polar surface area (TPSA) is 43.1 Å². The largest absolute Gasteiger partial charge is 0.366 e. The smallest absolute Gasteiger partial charge is 0.241 e. The highest BCUT2D eigenvalue weighted by molar-refractivity contribution is 9.11. The van der Waals surface area contributed by atoms with Crippen LogP contribution in [0.1, 0.15) is 5.56 Å². The Bertz CT molecular complexity index is 404. The second-order valence-corrected chi connectivity index (χ2v) is 4.20. The molecule has 2 nitrogen and oxygen atoms in total. The average Bonchev–Trinajstić information content (AvgIpc) is 2.11. The molecule has 74 valence electrons. The van der Waals surface area contributed by atoms with Crippen LogP contribution < -0.4 is 5.73 Å². The predicted octanol–water partition coefficient (Wildman–Crippen LogP) is 2.85. The van der Waals surface area contributed by atoms with E-state index in [0.717, 1.165) is 6.08 Å². The summed E-state index contributed by atoms with van der Waals surface area (Å²) in [5.41, 5.74) is 5.19. The maximum Gasteiger partial charge on any atom is 0.241 e. The van der Waals surface area contributed by atoms with Gasteiger partial charge in [0.25, 0.3) is 0 Å². The van der Waals surface area contributed by atoms with E-state index in [-0.39, 0.29) is 5.56 Å². The van der Waals surface area contributed by atoms with Crippen LogP contribution in [-0.2, 0) is 4.79 Å². The molecule has 0 aliphatic heterocycles. The van der Waals surface area contributed by atoms with Crippen molar-refractivity contribution < 1.29 is 9.18 Å². The van der Waals surface area contributed by atoms with Gasteiger partial charge in [-0.15, -0.1) is 0 Å². The van der Waals surface area contributed by atoms with Crippen LogP contribution in [0.25, 0.3) is 6.08 Å². The highest BCUT2D eigenvalue weighted by Crippen LogP contribution is 2.27. The number of nitrogens with two attached hydrogens (primary N) is 1. The molecule has 0 aliphatic rings.